The maximum absolute atomic E-state index is 11.7. The average Bonchev–Trinajstić information content (AvgIpc) is 2.48. The van der Waals surface area contributed by atoms with Crippen molar-refractivity contribution in [2.24, 2.45) is 0 Å². The van der Waals surface area contributed by atoms with Gasteiger partial charge in [-0.15, -0.1) is 0 Å². The van der Waals surface area contributed by atoms with E-state index in [9.17, 15) is 9.59 Å². The summed E-state index contributed by atoms with van der Waals surface area (Å²) >= 11 is 3.14. The Balaban J connectivity index is 2.84. The molecule has 0 saturated carbocycles. The summed E-state index contributed by atoms with van der Waals surface area (Å²) in [4.78, 5) is 24.4. The van der Waals surface area contributed by atoms with Crippen molar-refractivity contribution in [1.82, 2.24) is 4.90 Å². The fraction of sp³-hybridized carbons (Fsp3) is 0.100. The van der Waals surface area contributed by atoms with Gasteiger partial charge in [0.25, 0.3) is 11.8 Å². The maximum atomic E-state index is 11.7. The Kier molecular flexibility index (Phi) is 2.21. The molecule has 1 aliphatic heterocycles. The summed E-state index contributed by atoms with van der Waals surface area (Å²) in [7, 11) is 1.39. The number of rotatable bonds is 0. The van der Waals surface area contributed by atoms with Crippen LogP contribution in [0.3, 0.4) is 0 Å². The van der Waals surface area contributed by atoms with Crippen LogP contribution in [0.4, 0.5) is 5.69 Å². The number of amides is 2. The minimum atomic E-state index is -0.419. The number of benzene rings is 1. The topological polar surface area (TPSA) is 87.2 Å². The third-order valence-corrected chi connectivity index (χ3v) is 3.30. The van der Waals surface area contributed by atoms with Gasteiger partial charge in [0.15, 0.2) is 0 Å². The van der Waals surface area contributed by atoms with Crippen LogP contribution in [0.15, 0.2) is 10.5 Å². The van der Waals surface area contributed by atoms with Crippen molar-refractivity contribution in [1.29, 1.82) is 5.26 Å². The second kappa shape index (κ2) is 3.32. The van der Waals surface area contributed by atoms with E-state index in [1.807, 2.05) is 6.07 Å². The highest BCUT2D eigenvalue weighted by Gasteiger charge is 2.36. The Bertz CT molecular complexity index is 574. The van der Waals surface area contributed by atoms with Gasteiger partial charge < -0.3 is 5.73 Å². The number of fused-ring (bicyclic) bond motifs is 1. The number of halogens is 1. The maximum Gasteiger partial charge on any atom is 0.262 e. The molecule has 0 aliphatic carbocycles. The quantitative estimate of drug-likeness (QED) is 0.570. The molecule has 0 saturated heterocycles. The molecule has 0 radical (unpaired) electrons. The van der Waals surface area contributed by atoms with Crippen molar-refractivity contribution in [2.75, 3.05) is 12.8 Å². The molecule has 0 unspecified atom stereocenters. The molecule has 0 fully saturated rings. The van der Waals surface area contributed by atoms with Gasteiger partial charge in [0, 0.05) is 7.05 Å². The molecule has 0 spiro atoms. The second-order valence-corrected chi connectivity index (χ2v) is 4.15. The van der Waals surface area contributed by atoms with Gasteiger partial charge in [-0.2, -0.15) is 5.26 Å². The van der Waals surface area contributed by atoms with Crippen LogP contribution in [0, 0.1) is 11.3 Å². The number of anilines is 1. The van der Waals surface area contributed by atoms with Crippen LogP contribution in [-0.2, 0) is 0 Å². The zero-order valence-electron chi connectivity index (χ0n) is 8.24. The zero-order chi connectivity index (χ0) is 12.0. The molecular formula is C10H6BrN3O2. The van der Waals surface area contributed by atoms with Crippen LogP contribution in [0.25, 0.3) is 0 Å². The van der Waals surface area contributed by atoms with Gasteiger partial charge in [-0.1, -0.05) is 0 Å². The van der Waals surface area contributed by atoms with Gasteiger partial charge in [0.1, 0.15) is 6.07 Å². The average molecular weight is 280 g/mol. The van der Waals surface area contributed by atoms with Crippen LogP contribution in [0.2, 0.25) is 0 Å². The van der Waals surface area contributed by atoms with E-state index >= 15 is 0 Å². The third kappa shape index (κ3) is 1.15. The van der Waals surface area contributed by atoms with Crippen LogP contribution in [0.5, 0.6) is 0 Å². The minimum absolute atomic E-state index is 0.178. The summed E-state index contributed by atoms with van der Waals surface area (Å²) in [5.74, 6) is -0.833. The first-order valence-corrected chi connectivity index (χ1v) is 5.12. The highest BCUT2D eigenvalue weighted by molar-refractivity contribution is 9.10. The van der Waals surface area contributed by atoms with E-state index in [1.54, 1.807) is 0 Å². The molecular weight excluding hydrogens is 274 g/mol. The van der Waals surface area contributed by atoms with Crippen molar-refractivity contribution in [2.45, 2.75) is 0 Å². The molecule has 5 nitrogen and oxygen atoms in total. The fourth-order valence-corrected chi connectivity index (χ4v) is 2.17. The molecule has 2 amide bonds. The molecule has 1 heterocycles. The van der Waals surface area contributed by atoms with E-state index in [2.05, 4.69) is 15.9 Å². The molecule has 6 heteroatoms. The largest absolute Gasteiger partial charge is 0.397 e. The molecule has 0 bridgehead atoms. The molecule has 16 heavy (non-hydrogen) atoms. The SMILES string of the molecule is CN1C(=O)c2cc(C#N)c(N)c(Br)c2C1=O. The zero-order valence-corrected chi connectivity index (χ0v) is 9.83. The molecule has 2 N–H and O–H groups in total. The Hall–Kier alpha value is -1.87. The van der Waals surface area contributed by atoms with Crippen LogP contribution >= 0.6 is 15.9 Å². The molecule has 1 aliphatic rings. The van der Waals surface area contributed by atoms with Gasteiger partial charge in [-0.25, -0.2) is 0 Å². The van der Waals surface area contributed by atoms with E-state index in [4.69, 9.17) is 11.0 Å². The van der Waals surface area contributed by atoms with Crippen LogP contribution in [0.1, 0.15) is 26.3 Å². The summed E-state index contributed by atoms with van der Waals surface area (Å²) in [6, 6.07) is 3.23. The first kappa shape index (κ1) is 10.6. The normalized spacial score (nSPS) is 13.9. The highest BCUT2D eigenvalue weighted by Crippen LogP contribution is 2.35. The Labute approximate surface area is 99.6 Å². The molecule has 0 aromatic heterocycles. The summed E-state index contributed by atoms with van der Waals surface area (Å²) in [6.45, 7) is 0. The molecule has 80 valence electrons. The standard InChI is InChI=1S/C10H6BrN3O2/c1-14-9(15)5-2-4(3-12)8(13)7(11)6(5)10(14)16/h2H,13H2,1H3. The Morgan fingerprint density at radius 3 is 2.62 bits per heavy atom. The summed E-state index contributed by atoms with van der Waals surface area (Å²) in [5, 5.41) is 8.83. The van der Waals surface area contributed by atoms with E-state index in [-0.39, 0.29) is 22.4 Å². The van der Waals surface area contributed by atoms with Crippen molar-refractivity contribution >= 4 is 33.4 Å². The van der Waals surface area contributed by atoms with E-state index in [0.717, 1.165) is 4.90 Å². The van der Waals surface area contributed by atoms with Gasteiger partial charge in [0.2, 0.25) is 0 Å². The lowest BCUT2D eigenvalue weighted by atomic mass is 10.0. The van der Waals surface area contributed by atoms with Gasteiger partial charge in [0.05, 0.1) is 26.9 Å². The predicted molar refractivity (Wildman–Crippen MR) is 59.7 cm³/mol. The Morgan fingerprint density at radius 2 is 2.06 bits per heavy atom. The van der Waals surface area contributed by atoms with E-state index < -0.39 is 11.8 Å². The number of carbonyl (C=O) groups is 2. The molecule has 1 aromatic carbocycles. The van der Waals surface area contributed by atoms with Crippen LogP contribution < -0.4 is 5.73 Å². The molecule has 0 atom stereocenters. The number of nitrogens with zero attached hydrogens (tertiary/aromatic N) is 2. The van der Waals surface area contributed by atoms with Gasteiger partial charge >= 0.3 is 0 Å². The predicted octanol–water partition coefficient (Wildman–Crippen LogP) is 1.13. The number of hydrogen-bond acceptors (Lipinski definition) is 4. The lowest BCUT2D eigenvalue weighted by Gasteiger charge is -2.04. The van der Waals surface area contributed by atoms with E-state index in [0.29, 0.717) is 4.47 Å². The second-order valence-electron chi connectivity index (χ2n) is 3.36. The van der Waals surface area contributed by atoms with Crippen molar-refractivity contribution in [3.63, 3.8) is 0 Å². The van der Waals surface area contributed by atoms with Crippen LogP contribution in [-0.4, -0.2) is 23.8 Å². The molecule has 2 rings (SSSR count). The van der Waals surface area contributed by atoms with Crippen molar-refractivity contribution in [3.05, 3.63) is 27.2 Å². The Morgan fingerprint density at radius 1 is 1.44 bits per heavy atom. The van der Waals surface area contributed by atoms with Gasteiger partial charge in [-0.05, 0) is 22.0 Å². The number of nitrogen functional groups attached to an aromatic ring is 1. The smallest absolute Gasteiger partial charge is 0.262 e. The lowest BCUT2D eigenvalue weighted by Crippen LogP contribution is -2.24. The monoisotopic (exact) mass is 279 g/mol. The summed E-state index contributed by atoms with van der Waals surface area (Å²) in [6.07, 6.45) is 0. The first-order chi connectivity index (χ1) is 7.49. The van der Waals surface area contributed by atoms with Crippen molar-refractivity contribution in [3.8, 4) is 6.07 Å². The summed E-state index contributed by atoms with van der Waals surface area (Å²) in [5.41, 5.74) is 6.47. The number of nitrogens with two attached hydrogens (primary N) is 1. The van der Waals surface area contributed by atoms with Crippen molar-refractivity contribution < 1.29 is 9.59 Å². The number of carbonyl (C=O) groups excluding carboxylic acids is 2. The molecule has 1 aromatic rings. The highest BCUT2D eigenvalue weighted by atomic mass is 79.9. The minimum Gasteiger partial charge on any atom is -0.397 e. The fourth-order valence-electron chi connectivity index (χ4n) is 1.58. The number of nitriles is 1. The lowest BCUT2D eigenvalue weighted by molar-refractivity contribution is 0.0693. The first-order valence-electron chi connectivity index (χ1n) is 4.33. The number of hydrogen-bond donors (Lipinski definition) is 1. The van der Waals surface area contributed by atoms with E-state index in [1.165, 1.54) is 13.1 Å². The number of imide groups is 1. The van der Waals surface area contributed by atoms with Gasteiger partial charge in [-0.3, -0.25) is 14.5 Å². The third-order valence-electron chi connectivity index (χ3n) is 2.48. The summed E-state index contributed by atoms with van der Waals surface area (Å²) < 4.78 is 0.309.